The Morgan fingerprint density at radius 2 is 2.07 bits per heavy atom. The number of hydrogen-bond acceptors (Lipinski definition) is 3. The first kappa shape index (κ1) is 8.77. The summed E-state index contributed by atoms with van der Waals surface area (Å²) >= 11 is 0. The summed E-state index contributed by atoms with van der Waals surface area (Å²) in [7, 11) is 0. The average Bonchev–Trinajstić information content (AvgIpc) is 2.18. The standard InChI is InChI=1S/C10H9NO3/c12-10(13)8-5-6-11(14)9-4-2-1-3-7(8)9/h1-5,14H,6H2,(H,12,13). The first-order chi connectivity index (χ1) is 6.70. The third-order valence-electron chi connectivity index (χ3n) is 2.17. The fourth-order valence-electron chi connectivity index (χ4n) is 1.52. The van der Waals surface area contributed by atoms with Crippen LogP contribution in [0.4, 0.5) is 5.69 Å². The number of hydrogen-bond donors (Lipinski definition) is 2. The molecule has 0 saturated heterocycles. The van der Waals surface area contributed by atoms with Crippen LogP contribution in [-0.4, -0.2) is 22.8 Å². The quantitative estimate of drug-likeness (QED) is 0.703. The Labute approximate surface area is 80.7 Å². The molecule has 0 radical (unpaired) electrons. The van der Waals surface area contributed by atoms with E-state index in [0.717, 1.165) is 5.06 Å². The molecule has 0 aromatic heterocycles. The van der Waals surface area contributed by atoms with Gasteiger partial charge < -0.3 is 5.11 Å². The zero-order valence-electron chi connectivity index (χ0n) is 7.34. The van der Waals surface area contributed by atoms with Crippen LogP contribution in [-0.2, 0) is 4.79 Å². The van der Waals surface area contributed by atoms with Gasteiger partial charge in [0.05, 0.1) is 17.8 Å². The van der Waals surface area contributed by atoms with Crippen LogP contribution in [0.25, 0.3) is 5.57 Å². The normalized spacial score (nSPS) is 14.6. The van der Waals surface area contributed by atoms with Gasteiger partial charge in [0.25, 0.3) is 0 Å². The molecule has 0 bridgehead atoms. The van der Waals surface area contributed by atoms with Gasteiger partial charge in [0.15, 0.2) is 0 Å². The summed E-state index contributed by atoms with van der Waals surface area (Å²) < 4.78 is 0. The van der Waals surface area contributed by atoms with Crippen LogP contribution in [0.5, 0.6) is 0 Å². The van der Waals surface area contributed by atoms with Crippen molar-refractivity contribution in [3.8, 4) is 0 Å². The molecule has 72 valence electrons. The predicted octanol–water partition coefficient (Wildman–Crippen LogP) is 1.36. The number of aliphatic carboxylic acids is 1. The van der Waals surface area contributed by atoms with Crippen molar-refractivity contribution in [3.05, 3.63) is 35.9 Å². The van der Waals surface area contributed by atoms with Crippen molar-refractivity contribution < 1.29 is 15.1 Å². The van der Waals surface area contributed by atoms with E-state index in [1.807, 2.05) is 0 Å². The van der Waals surface area contributed by atoms with Crippen molar-refractivity contribution in [2.45, 2.75) is 0 Å². The highest BCUT2D eigenvalue weighted by atomic mass is 16.5. The second-order valence-electron chi connectivity index (χ2n) is 3.02. The molecule has 1 aliphatic heterocycles. The van der Waals surface area contributed by atoms with Crippen molar-refractivity contribution in [2.24, 2.45) is 0 Å². The van der Waals surface area contributed by atoms with Gasteiger partial charge in [-0.2, -0.15) is 0 Å². The summed E-state index contributed by atoms with van der Waals surface area (Å²) in [5.74, 6) is -0.967. The van der Waals surface area contributed by atoms with E-state index in [2.05, 4.69) is 0 Å². The van der Waals surface area contributed by atoms with Gasteiger partial charge in [-0.15, -0.1) is 0 Å². The zero-order valence-corrected chi connectivity index (χ0v) is 7.34. The fraction of sp³-hybridized carbons (Fsp3) is 0.100. The molecule has 0 fully saturated rings. The number of fused-ring (bicyclic) bond motifs is 1. The van der Waals surface area contributed by atoms with Gasteiger partial charge in [0, 0.05) is 5.56 Å². The third-order valence-corrected chi connectivity index (χ3v) is 2.17. The largest absolute Gasteiger partial charge is 0.478 e. The second-order valence-corrected chi connectivity index (χ2v) is 3.02. The highest BCUT2D eigenvalue weighted by Gasteiger charge is 2.20. The van der Waals surface area contributed by atoms with Crippen LogP contribution in [0.1, 0.15) is 5.56 Å². The minimum absolute atomic E-state index is 0.207. The van der Waals surface area contributed by atoms with E-state index in [1.165, 1.54) is 6.08 Å². The highest BCUT2D eigenvalue weighted by Crippen LogP contribution is 2.29. The van der Waals surface area contributed by atoms with Gasteiger partial charge in [0.2, 0.25) is 0 Å². The molecule has 4 nitrogen and oxygen atoms in total. The Bertz CT molecular complexity index is 412. The minimum atomic E-state index is -0.967. The molecule has 0 atom stereocenters. The van der Waals surface area contributed by atoms with Crippen molar-refractivity contribution in [1.82, 2.24) is 0 Å². The maximum atomic E-state index is 10.9. The number of benzene rings is 1. The number of anilines is 1. The van der Waals surface area contributed by atoms with E-state index in [9.17, 15) is 10.0 Å². The molecule has 1 heterocycles. The summed E-state index contributed by atoms with van der Waals surface area (Å²) in [5, 5.41) is 19.4. The molecule has 2 N–H and O–H groups in total. The first-order valence-corrected chi connectivity index (χ1v) is 4.19. The lowest BCUT2D eigenvalue weighted by Crippen LogP contribution is -2.24. The van der Waals surface area contributed by atoms with Gasteiger partial charge in [-0.1, -0.05) is 18.2 Å². The van der Waals surface area contributed by atoms with E-state index < -0.39 is 5.97 Å². The average molecular weight is 191 g/mol. The minimum Gasteiger partial charge on any atom is -0.478 e. The van der Waals surface area contributed by atoms with Gasteiger partial charge in [-0.3, -0.25) is 10.3 Å². The highest BCUT2D eigenvalue weighted by molar-refractivity contribution is 6.17. The topological polar surface area (TPSA) is 60.8 Å². The Kier molecular flexibility index (Phi) is 1.98. The first-order valence-electron chi connectivity index (χ1n) is 4.19. The molecular weight excluding hydrogens is 182 g/mol. The van der Waals surface area contributed by atoms with Gasteiger partial charge in [-0.05, 0) is 12.1 Å². The number of para-hydroxylation sites is 1. The number of carbonyl (C=O) groups is 1. The van der Waals surface area contributed by atoms with Gasteiger partial charge >= 0.3 is 5.97 Å². The Hall–Kier alpha value is -1.81. The molecule has 0 spiro atoms. The summed E-state index contributed by atoms with van der Waals surface area (Å²) in [5.41, 5.74) is 1.33. The molecule has 1 aromatic carbocycles. The van der Waals surface area contributed by atoms with Crippen LogP contribution >= 0.6 is 0 Å². The fourth-order valence-corrected chi connectivity index (χ4v) is 1.52. The summed E-state index contributed by atoms with van der Waals surface area (Å²) in [6.45, 7) is 0.207. The molecule has 0 amide bonds. The van der Waals surface area contributed by atoms with Crippen LogP contribution in [0.2, 0.25) is 0 Å². The monoisotopic (exact) mass is 191 g/mol. The van der Waals surface area contributed by atoms with Crippen LogP contribution in [0, 0.1) is 0 Å². The summed E-state index contributed by atoms with van der Waals surface area (Å²) in [6.07, 6.45) is 1.49. The van der Waals surface area contributed by atoms with Crippen molar-refractivity contribution in [3.63, 3.8) is 0 Å². The maximum Gasteiger partial charge on any atom is 0.336 e. The van der Waals surface area contributed by atoms with Crippen molar-refractivity contribution in [2.75, 3.05) is 11.6 Å². The number of rotatable bonds is 1. The predicted molar refractivity (Wildman–Crippen MR) is 51.2 cm³/mol. The smallest absolute Gasteiger partial charge is 0.336 e. The van der Waals surface area contributed by atoms with E-state index in [1.54, 1.807) is 24.3 Å². The van der Waals surface area contributed by atoms with Crippen molar-refractivity contribution in [1.29, 1.82) is 0 Å². The van der Waals surface area contributed by atoms with Crippen molar-refractivity contribution >= 4 is 17.2 Å². The number of nitrogens with zero attached hydrogens (tertiary/aromatic N) is 1. The number of carboxylic acids is 1. The molecule has 4 heteroatoms. The second kappa shape index (κ2) is 3.16. The lowest BCUT2D eigenvalue weighted by molar-refractivity contribution is -0.130. The third kappa shape index (κ3) is 1.25. The SMILES string of the molecule is O=C(O)C1=CCN(O)c2ccccc21. The molecular formula is C10H9NO3. The molecule has 14 heavy (non-hydrogen) atoms. The van der Waals surface area contributed by atoms with E-state index in [4.69, 9.17) is 5.11 Å². The number of hydroxylamine groups is 1. The molecule has 2 rings (SSSR count). The maximum absolute atomic E-state index is 10.9. The zero-order chi connectivity index (χ0) is 10.1. The molecule has 1 aromatic rings. The Morgan fingerprint density at radius 3 is 2.79 bits per heavy atom. The van der Waals surface area contributed by atoms with Crippen LogP contribution < -0.4 is 5.06 Å². The molecule has 0 saturated carbocycles. The molecule has 0 aliphatic carbocycles. The Balaban J connectivity index is 2.56. The number of carboxylic acid groups (broad SMARTS) is 1. The lowest BCUT2D eigenvalue weighted by Gasteiger charge is -2.23. The molecule has 0 unspecified atom stereocenters. The summed E-state index contributed by atoms with van der Waals surface area (Å²) in [6, 6.07) is 6.87. The molecule has 1 aliphatic rings. The van der Waals surface area contributed by atoms with E-state index in [-0.39, 0.29) is 12.1 Å². The van der Waals surface area contributed by atoms with E-state index >= 15 is 0 Å². The van der Waals surface area contributed by atoms with E-state index in [0.29, 0.717) is 11.3 Å². The lowest BCUT2D eigenvalue weighted by atomic mass is 10.0. The van der Waals surface area contributed by atoms with Crippen LogP contribution in [0.15, 0.2) is 30.3 Å². The Morgan fingerprint density at radius 1 is 1.36 bits per heavy atom. The van der Waals surface area contributed by atoms with Gasteiger partial charge in [0.1, 0.15) is 0 Å². The summed E-state index contributed by atoms with van der Waals surface area (Å²) in [4.78, 5) is 10.9. The van der Waals surface area contributed by atoms with Crippen LogP contribution in [0.3, 0.4) is 0 Å². The van der Waals surface area contributed by atoms with Gasteiger partial charge in [-0.25, -0.2) is 4.79 Å².